The van der Waals surface area contributed by atoms with Crippen molar-refractivity contribution in [2.24, 2.45) is 0 Å². The van der Waals surface area contributed by atoms with Crippen molar-refractivity contribution in [1.82, 2.24) is 30.1 Å². The molecule has 5 aromatic rings. The summed E-state index contributed by atoms with van der Waals surface area (Å²) < 4.78 is 18.5. The second-order valence-electron chi connectivity index (χ2n) is 10.4. The number of aromatic amines is 1. The summed E-state index contributed by atoms with van der Waals surface area (Å²) in [5.74, 6) is 2.76. The Labute approximate surface area is 232 Å². The maximum atomic E-state index is 13.8. The van der Waals surface area contributed by atoms with E-state index in [-0.39, 0.29) is 5.56 Å². The number of furan rings is 1. The molecule has 0 aliphatic rings. The molecule has 3 heterocycles. The van der Waals surface area contributed by atoms with Crippen molar-refractivity contribution in [1.29, 1.82) is 0 Å². The smallest absolute Gasteiger partial charge is 0.253 e. The van der Waals surface area contributed by atoms with Crippen LogP contribution in [-0.4, -0.2) is 44.3 Å². The van der Waals surface area contributed by atoms with E-state index < -0.39 is 11.6 Å². The number of rotatable bonds is 11. The molecule has 40 heavy (non-hydrogen) atoms. The molecule has 0 bridgehead atoms. The van der Waals surface area contributed by atoms with Crippen molar-refractivity contribution in [2.75, 3.05) is 14.2 Å². The van der Waals surface area contributed by atoms with Gasteiger partial charge in [-0.25, -0.2) is 4.68 Å². The number of aromatic nitrogens is 5. The number of pyridine rings is 1. The molecule has 1 unspecified atom stereocenters. The van der Waals surface area contributed by atoms with E-state index in [0.717, 1.165) is 28.9 Å². The van der Waals surface area contributed by atoms with Crippen LogP contribution in [0.5, 0.6) is 11.5 Å². The fourth-order valence-corrected chi connectivity index (χ4v) is 4.82. The predicted octanol–water partition coefficient (Wildman–Crippen LogP) is 5.06. The third-order valence-electron chi connectivity index (χ3n) is 7.38. The standard InChI is InChI=1S/C30H34N6O4/c1-6-30(2,3)36-28(32-33-34-36)27(25-17-21-16-23(39-5)12-13-26(21)31-29(25)37)35(19-24-11-8-14-40-24)18-20-9-7-10-22(15-20)38-4/h7-17,27H,6,18-19H2,1-5H3,(H,31,37). The molecule has 1 N–H and O–H groups in total. The molecule has 0 fully saturated rings. The minimum absolute atomic E-state index is 0.221. The summed E-state index contributed by atoms with van der Waals surface area (Å²) in [4.78, 5) is 19.0. The minimum atomic E-state index is -0.614. The Morgan fingerprint density at radius 3 is 2.55 bits per heavy atom. The lowest BCUT2D eigenvalue weighted by Crippen LogP contribution is -2.38. The maximum Gasteiger partial charge on any atom is 0.253 e. The second-order valence-corrected chi connectivity index (χ2v) is 10.4. The van der Waals surface area contributed by atoms with E-state index in [4.69, 9.17) is 13.9 Å². The Morgan fingerprint density at radius 2 is 1.82 bits per heavy atom. The van der Waals surface area contributed by atoms with Crippen LogP contribution in [0.25, 0.3) is 10.9 Å². The molecule has 1 atom stereocenters. The number of hydrogen-bond acceptors (Lipinski definition) is 8. The van der Waals surface area contributed by atoms with Gasteiger partial charge >= 0.3 is 0 Å². The molecule has 0 aliphatic heterocycles. The molecule has 0 amide bonds. The monoisotopic (exact) mass is 542 g/mol. The largest absolute Gasteiger partial charge is 0.497 e. The summed E-state index contributed by atoms with van der Waals surface area (Å²) in [5.41, 5.74) is 1.62. The van der Waals surface area contributed by atoms with Crippen molar-refractivity contribution in [3.63, 3.8) is 0 Å². The Bertz CT molecular complexity index is 1640. The summed E-state index contributed by atoms with van der Waals surface area (Å²) >= 11 is 0. The fraction of sp³-hybridized carbons (Fsp3) is 0.333. The Kier molecular flexibility index (Phi) is 7.70. The highest BCUT2D eigenvalue weighted by Crippen LogP contribution is 2.33. The van der Waals surface area contributed by atoms with Crippen LogP contribution in [0.15, 0.2) is 76.1 Å². The van der Waals surface area contributed by atoms with Crippen molar-refractivity contribution >= 4 is 10.9 Å². The van der Waals surface area contributed by atoms with E-state index in [2.05, 4.69) is 46.2 Å². The van der Waals surface area contributed by atoms with E-state index in [1.165, 1.54) is 0 Å². The van der Waals surface area contributed by atoms with Crippen molar-refractivity contribution < 1.29 is 13.9 Å². The van der Waals surface area contributed by atoms with Crippen LogP contribution in [0.4, 0.5) is 0 Å². The first kappa shape index (κ1) is 27.1. The zero-order valence-electron chi connectivity index (χ0n) is 23.4. The van der Waals surface area contributed by atoms with Crippen LogP contribution < -0.4 is 15.0 Å². The lowest BCUT2D eigenvalue weighted by atomic mass is 9.98. The number of nitrogens with zero attached hydrogens (tertiary/aromatic N) is 5. The molecule has 0 radical (unpaired) electrons. The molecule has 10 nitrogen and oxygen atoms in total. The van der Waals surface area contributed by atoms with Gasteiger partial charge in [-0.05, 0) is 84.8 Å². The molecule has 0 saturated carbocycles. The normalized spacial score (nSPS) is 12.7. The zero-order valence-corrected chi connectivity index (χ0v) is 23.4. The topological polar surface area (TPSA) is 111 Å². The minimum Gasteiger partial charge on any atom is -0.497 e. The number of methoxy groups -OCH3 is 2. The number of hydrogen-bond donors (Lipinski definition) is 1. The molecule has 3 aromatic heterocycles. The first-order valence-electron chi connectivity index (χ1n) is 13.2. The number of H-pyrrole nitrogens is 1. The number of benzene rings is 2. The second kappa shape index (κ2) is 11.4. The third kappa shape index (κ3) is 5.48. The van der Waals surface area contributed by atoms with Gasteiger partial charge in [-0.15, -0.1) is 5.10 Å². The first-order valence-corrected chi connectivity index (χ1v) is 13.2. The summed E-state index contributed by atoms with van der Waals surface area (Å²) in [6.45, 7) is 7.13. The van der Waals surface area contributed by atoms with Crippen LogP contribution in [0, 0.1) is 0 Å². The lowest BCUT2D eigenvalue weighted by Gasteiger charge is -2.33. The quantitative estimate of drug-likeness (QED) is 0.247. The average Bonchev–Trinajstić information content (AvgIpc) is 3.66. The van der Waals surface area contributed by atoms with E-state index >= 15 is 0 Å². The molecule has 2 aromatic carbocycles. The van der Waals surface area contributed by atoms with Gasteiger partial charge < -0.3 is 18.9 Å². The van der Waals surface area contributed by atoms with Gasteiger partial charge in [0.2, 0.25) is 0 Å². The van der Waals surface area contributed by atoms with Gasteiger partial charge in [-0.2, -0.15) is 0 Å². The number of ether oxygens (including phenoxy) is 2. The van der Waals surface area contributed by atoms with E-state index in [0.29, 0.717) is 35.7 Å². The summed E-state index contributed by atoms with van der Waals surface area (Å²) in [7, 11) is 3.27. The zero-order chi connectivity index (χ0) is 28.3. The fourth-order valence-electron chi connectivity index (χ4n) is 4.82. The van der Waals surface area contributed by atoms with Crippen molar-refractivity contribution in [3.8, 4) is 11.5 Å². The highest BCUT2D eigenvalue weighted by atomic mass is 16.5. The number of fused-ring (bicyclic) bond motifs is 1. The highest BCUT2D eigenvalue weighted by molar-refractivity contribution is 5.80. The van der Waals surface area contributed by atoms with Crippen LogP contribution in [0.2, 0.25) is 0 Å². The van der Waals surface area contributed by atoms with Crippen LogP contribution in [0.3, 0.4) is 0 Å². The van der Waals surface area contributed by atoms with Gasteiger partial charge in [0.05, 0.1) is 32.6 Å². The van der Waals surface area contributed by atoms with Gasteiger partial charge in [0.15, 0.2) is 5.82 Å². The van der Waals surface area contributed by atoms with Crippen LogP contribution in [0.1, 0.15) is 55.9 Å². The Morgan fingerprint density at radius 1 is 1.02 bits per heavy atom. The molecule has 0 saturated heterocycles. The Balaban J connectivity index is 1.73. The van der Waals surface area contributed by atoms with E-state index in [1.807, 2.05) is 65.3 Å². The van der Waals surface area contributed by atoms with Gasteiger partial charge in [0.25, 0.3) is 5.56 Å². The van der Waals surface area contributed by atoms with Crippen LogP contribution >= 0.6 is 0 Å². The predicted molar refractivity (Wildman–Crippen MR) is 151 cm³/mol. The number of nitrogens with one attached hydrogen (secondary N) is 1. The molecule has 0 spiro atoms. The summed E-state index contributed by atoms with van der Waals surface area (Å²) in [6.07, 6.45) is 2.44. The molecule has 5 rings (SSSR count). The average molecular weight is 543 g/mol. The van der Waals surface area contributed by atoms with Gasteiger partial charge in [-0.3, -0.25) is 9.69 Å². The highest BCUT2D eigenvalue weighted by Gasteiger charge is 2.35. The Hall–Kier alpha value is -4.44. The van der Waals surface area contributed by atoms with Crippen LogP contribution in [-0.2, 0) is 18.6 Å². The van der Waals surface area contributed by atoms with Gasteiger partial charge in [0, 0.05) is 23.0 Å². The summed E-state index contributed by atoms with van der Waals surface area (Å²) in [5, 5.41) is 13.8. The molecule has 10 heteroatoms. The molecular weight excluding hydrogens is 508 g/mol. The number of tetrazole rings is 1. The first-order chi connectivity index (χ1) is 19.3. The summed E-state index contributed by atoms with van der Waals surface area (Å²) in [6, 6.07) is 18.5. The maximum absolute atomic E-state index is 13.8. The van der Waals surface area contributed by atoms with Gasteiger partial charge in [-0.1, -0.05) is 19.1 Å². The van der Waals surface area contributed by atoms with Gasteiger partial charge in [0.1, 0.15) is 23.3 Å². The van der Waals surface area contributed by atoms with E-state index in [9.17, 15) is 4.79 Å². The van der Waals surface area contributed by atoms with Crippen molar-refractivity contribution in [3.05, 3.63) is 100.0 Å². The lowest BCUT2D eigenvalue weighted by molar-refractivity contribution is 0.168. The third-order valence-corrected chi connectivity index (χ3v) is 7.38. The molecule has 208 valence electrons. The van der Waals surface area contributed by atoms with E-state index in [1.54, 1.807) is 20.5 Å². The van der Waals surface area contributed by atoms with Crippen molar-refractivity contribution in [2.45, 2.75) is 51.9 Å². The SMILES string of the molecule is CCC(C)(C)n1nnnc1C(c1cc2cc(OC)ccc2[nH]c1=O)N(Cc1cccc(OC)c1)Cc1ccco1. The molecular formula is C30H34N6O4. The molecule has 0 aliphatic carbocycles.